The van der Waals surface area contributed by atoms with Gasteiger partial charge in [-0.25, -0.2) is 4.79 Å². The molecule has 0 N–H and O–H groups in total. The van der Waals surface area contributed by atoms with Crippen LogP contribution in [0.4, 0.5) is 0 Å². The van der Waals surface area contributed by atoms with E-state index in [4.69, 9.17) is 23.2 Å². The molecule has 0 aliphatic heterocycles. The van der Waals surface area contributed by atoms with Crippen LogP contribution < -0.4 is 0 Å². The molecule has 2 unspecified atom stereocenters. The van der Waals surface area contributed by atoms with Gasteiger partial charge in [-0.15, -0.1) is 11.6 Å². The Bertz CT molecular complexity index is 189. The molecule has 68 valence electrons. The average molecular weight is 209 g/mol. The first kappa shape index (κ1) is 11.5. The number of ether oxygens (including phenoxy) is 1. The molecule has 0 aromatic rings. The lowest BCUT2D eigenvalue weighted by Crippen LogP contribution is -2.19. The van der Waals surface area contributed by atoms with Gasteiger partial charge in [0.05, 0.1) is 0 Å². The average Bonchev–Trinajstić information content (AvgIpc) is 2.04. The molecule has 0 amide bonds. The third-order valence-electron chi connectivity index (χ3n) is 1.02. The van der Waals surface area contributed by atoms with Crippen LogP contribution in [0.25, 0.3) is 0 Å². The van der Waals surface area contributed by atoms with Crippen molar-refractivity contribution in [1.82, 2.24) is 0 Å². The number of alkyl halides is 2. The maximum atomic E-state index is 10.6. The Morgan fingerprint density at radius 3 is 2.58 bits per heavy atom. The molecule has 2 nitrogen and oxygen atoms in total. The zero-order valence-corrected chi connectivity index (χ0v) is 8.18. The van der Waals surface area contributed by atoms with Gasteiger partial charge in [-0.2, -0.15) is 0 Å². The van der Waals surface area contributed by atoms with Gasteiger partial charge in [0.2, 0.25) is 0 Å². The molecule has 4 heteroatoms. The second kappa shape index (κ2) is 6.09. The molecule has 0 bridgehead atoms. The predicted octanol–water partition coefficient (Wildman–Crippen LogP) is 2.46. The highest BCUT2D eigenvalue weighted by Crippen LogP contribution is 2.13. The summed E-state index contributed by atoms with van der Waals surface area (Å²) in [5, 5.41) is -0.513. The Morgan fingerprint density at radius 1 is 1.58 bits per heavy atom. The highest BCUT2D eigenvalue weighted by Gasteiger charge is 2.16. The number of carbonyl (C=O) groups excluding carboxylic acids is 1. The summed E-state index contributed by atoms with van der Waals surface area (Å²) >= 11 is 11.3. The Balaban J connectivity index is 3.93. The van der Waals surface area contributed by atoms with E-state index in [1.807, 2.05) is 0 Å². The second-order valence-electron chi connectivity index (χ2n) is 1.96. The van der Waals surface area contributed by atoms with Crippen LogP contribution in [0.3, 0.4) is 0 Å². The summed E-state index contributed by atoms with van der Waals surface area (Å²) < 4.78 is 4.64. The van der Waals surface area contributed by atoms with Gasteiger partial charge in [0.25, 0.3) is 0 Å². The zero-order chi connectivity index (χ0) is 9.56. The normalized spacial score (nSPS) is 15.6. The van der Waals surface area contributed by atoms with Gasteiger partial charge in [0, 0.05) is 6.08 Å². The highest BCUT2D eigenvalue weighted by molar-refractivity contribution is 6.30. The minimum absolute atomic E-state index is 0.513. The van der Waals surface area contributed by atoms with E-state index in [9.17, 15) is 4.79 Å². The van der Waals surface area contributed by atoms with E-state index in [2.05, 4.69) is 11.3 Å². The molecule has 0 fully saturated rings. The fraction of sp³-hybridized carbons (Fsp3) is 0.375. The molecule has 0 saturated carbocycles. The monoisotopic (exact) mass is 208 g/mol. The minimum atomic E-state index is -0.853. The minimum Gasteiger partial charge on any atom is -0.441 e. The lowest BCUT2D eigenvalue weighted by molar-refractivity contribution is -0.139. The number of esters is 1. The van der Waals surface area contributed by atoms with Crippen LogP contribution in [0.1, 0.15) is 6.92 Å². The van der Waals surface area contributed by atoms with Crippen LogP contribution in [0.15, 0.2) is 24.8 Å². The number of rotatable bonds is 4. The summed E-state index contributed by atoms with van der Waals surface area (Å²) in [6.07, 6.45) is 4.40. The number of allylic oxidation sites excluding steroid dienone is 1. The topological polar surface area (TPSA) is 26.3 Å². The number of carbonyl (C=O) groups is 1. The molecule has 0 heterocycles. The standard InChI is InChI=1S/C8H10Cl2O2/c1-3-5-6(9)8(10)12-7(11)4-2/h3-6,8H,2H2,1H3/b5-3+. The molecule has 0 aromatic carbocycles. The molecule has 12 heavy (non-hydrogen) atoms. The van der Waals surface area contributed by atoms with Crippen molar-refractivity contribution in [2.45, 2.75) is 17.9 Å². The first-order chi connectivity index (χ1) is 5.61. The van der Waals surface area contributed by atoms with Gasteiger partial charge in [0.15, 0.2) is 5.56 Å². The van der Waals surface area contributed by atoms with Crippen molar-refractivity contribution in [2.75, 3.05) is 0 Å². The molecular formula is C8H10Cl2O2. The van der Waals surface area contributed by atoms with Crippen molar-refractivity contribution in [1.29, 1.82) is 0 Å². The zero-order valence-electron chi connectivity index (χ0n) is 6.67. The van der Waals surface area contributed by atoms with E-state index < -0.39 is 16.9 Å². The summed E-state index contributed by atoms with van der Waals surface area (Å²) in [6.45, 7) is 5.02. The summed E-state index contributed by atoms with van der Waals surface area (Å²) in [4.78, 5) is 10.6. The van der Waals surface area contributed by atoms with E-state index in [1.165, 1.54) is 0 Å². The third kappa shape index (κ3) is 4.42. The first-order valence-electron chi connectivity index (χ1n) is 3.35. The van der Waals surface area contributed by atoms with Crippen LogP contribution in [0.2, 0.25) is 0 Å². The number of hydrogen-bond donors (Lipinski definition) is 0. The smallest absolute Gasteiger partial charge is 0.331 e. The molecular weight excluding hydrogens is 199 g/mol. The largest absolute Gasteiger partial charge is 0.441 e. The van der Waals surface area contributed by atoms with Crippen molar-refractivity contribution in [3.63, 3.8) is 0 Å². The first-order valence-corrected chi connectivity index (χ1v) is 4.23. The Kier molecular flexibility index (Phi) is 5.85. The second-order valence-corrected chi connectivity index (χ2v) is 2.90. The molecule has 0 aliphatic carbocycles. The number of halogens is 2. The molecule has 0 radical (unpaired) electrons. The summed E-state index contributed by atoms with van der Waals surface area (Å²) in [5.41, 5.74) is -0.853. The van der Waals surface area contributed by atoms with Crippen LogP contribution in [-0.2, 0) is 9.53 Å². The van der Waals surface area contributed by atoms with E-state index in [0.717, 1.165) is 6.08 Å². The molecule has 0 aromatic heterocycles. The van der Waals surface area contributed by atoms with Gasteiger partial charge in [0.1, 0.15) is 5.38 Å². The quantitative estimate of drug-likeness (QED) is 0.307. The summed E-state index contributed by atoms with van der Waals surface area (Å²) in [7, 11) is 0. The lowest BCUT2D eigenvalue weighted by atomic mass is 10.4. The van der Waals surface area contributed by atoms with E-state index >= 15 is 0 Å². The van der Waals surface area contributed by atoms with Crippen molar-refractivity contribution in [3.8, 4) is 0 Å². The van der Waals surface area contributed by atoms with Gasteiger partial charge in [-0.1, -0.05) is 30.3 Å². The predicted molar refractivity (Wildman–Crippen MR) is 50.4 cm³/mol. The van der Waals surface area contributed by atoms with Crippen molar-refractivity contribution < 1.29 is 9.53 Å². The number of hydrogen-bond acceptors (Lipinski definition) is 2. The Morgan fingerprint density at radius 2 is 2.17 bits per heavy atom. The molecule has 2 atom stereocenters. The molecule has 0 saturated heterocycles. The maximum Gasteiger partial charge on any atom is 0.331 e. The van der Waals surface area contributed by atoms with Crippen LogP contribution >= 0.6 is 23.2 Å². The van der Waals surface area contributed by atoms with Crippen LogP contribution in [0, 0.1) is 0 Å². The maximum absolute atomic E-state index is 10.6. The van der Waals surface area contributed by atoms with Crippen LogP contribution in [0.5, 0.6) is 0 Å². The van der Waals surface area contributed by atoms with E-state index in [0.29, 0.717) is 0 Å². The van der Waals surface area contributed by atoms with Gasteiger partial charge in [-0.05, 0) is 6.92 Å². The van der Waals surface area contributed by atoms with Crippen LogP contribution in [-0.4, -0.2) is 16.9 Å². The third-order valence-corrected chi connectivity index (χ3v) is 1.89. The van der Waals surface area contributed by atoms with Gasteiger partial charge >= 0.3 is 5.97 Å². The Hall–Kier alpha value is -0.470. The van der Waals surface area contributed by atoms with Gasteiger partial charge in [-0.3, -0.25) is 0 Å². The Labute approximate surface area is 81.8 Å². The molecule has 0 spiro atoms. The lowest BCUT2D eigenvalue weighted by Gasteiger charge is -2.11. The van der Waals surface area contributed by atoms with Crippen molar-refractivity contribution in [2.24, 2.45) is 0 Å². The molecule has 0 aliphatic rings. The SMILES string of the molecule is C=CC(=O)OC(Cl)C(Cl)/C=C/C. The van der Waals surface area contributed by atoms with E-state index in [-0.39, 0.29) is 0 Å². The molecule has 0 rings (SSSR count). The fourth-order valence-corrected chi connectivity index (χ4v) is 0.864. The summed E-state index contributed by atoms with van der Waals surface area (Å²) in [6, 6.07) is 0. The summed E-state index contributed by atoms with van der Waals surface area (Å²) in [5.74, 6) is -0.579. The fourth-order valence-electron chi connectivity index (χ4n) is 0.495. The van der Waals surface area contributed by atoms with Crippen molar-refractivity contribution >= 4 is 29.2 Å². The van der Waals surface area contributed by atoms with Gasteiger partial charge < -0.3 is 4.74 Å². The van der Waals surface area contributed by atoms with Crippen molar-refractivity contribution in [3.05, 3.63) is 24.8 Å². The van der Waals surface area contributed by atoms with E-state index in [1.54, 1.807) is 19.1 Å². The highest BCUT2D eigenvalue weighted by atomic mass is 35.5.